The summed E-state index contributed by atoms with van der Waals surface area (Å²) in [6.07, 6.45) is -4.78. The SMILES string of the molecule is CC(O)(CO)COc1ccc(N2C(=S)N(c3ccc(C#N)c(C(F)(F)F)c3)C(=O)C2(C)C)cc1. The minimum Gasteiger partial charge on any atom is -0.491 e. The Morgan fingerprint density at radius 3 is 2.26 bits per heavy atom. The normalized spacial score (nSPS) is 17.5. The van der Waals surface area contributed by atoms with E-state index in [9.17, 15) is 23.1 Å². The molecule has 180 valence electrons. The van der Waals surface area contributed by atoms with Crippen LogP contribution < -0.4 is 14.5 Å². The zero-order valence-corrected chi connectivity index (χ0v) is 19.4. The van der Waals surface area contributed by atoms with E-state index < -0.39 is 41.0 Å². The van der Waals surface area contributed by atoms with Crippen molar-refractivity contribution < 1.29 is 32.9 Å². The molecular formula is C23H22F3N3O4S. The number of halogens is 3. The zero-order chi connectivity index (χ0) is 25.5. The fraction of sp³-hybridized carbons (Fsp3) is 0.348. The molecule has 11 heteroatoms. The van der Waals surface area contributed by atoms with Gasteiger partial charge in [0.05, 0.1) is 29.5 Å². The van der Waals surface area contributed by atoms with Crippen molar-refractivity contribution in [3.05, 3.63) is 53.6 Å². The molecule has 0 aliphatic carbocycles. The average Bonchev–Trinajstić information content (AvgIpc) is 2.95. The molecule has 3 rings (SSSR count). The maximum atomic E-state index is 13.4. The zero-order valence-electron chi connectivity index (χ0n) is 18.6. The molecule has 0 bridgehead atoms. The third-order valence-electron chi connectivity index (χ3n) is 5.34. The highest BCUT2D eigenvalue weighted by Gasteiger charge is 2.50. The predicted molar refractivity (Wildman–Crippen MR) is 122 cm³/mol. The Labute approximate surface area is 199 Å². The molecule has 1 amide bonds. The summed E-state index contributed by atoms with van der Waals surface area (Å²) in [4.78, 5) is 15.8. The Kier molecular flexibility index (Phi) is 6.63. The maximum absolute atomic E-state index is 13.4. The largest absolute Gasteiger partial charge is 0.491 e. The van der Waals surface area contributed by atoms with Gasteiger partial charge in [-0.25, -0.2) is 0 Å². The van der Waals surface area contributed by atoms with Crippen LogP contribution >= 0.6 is 12.2 Å². The lowest BCUT2D eigenvalue weighted by molar-refractivity contribution is -0.137. The van der Waals surface area contributed by atoms with Crippen molar-refractivity contribution in [3.8, 4) is 11.8 Å². The number of carbonyl (C=O) groups is 1. The number of rotatable bonds is 6. The number of aliphatic hydroxyl groups excluding tert-OH is 1. The summed E-state index contributed by atoms with van der Waals surface area (Å²) in [5.41, 5.74) is -3.94. The number of thiocarbonyl (C=S) groups is 1. The molecule has 1 aliphatic heterocycles. The Morgan fingerprint density at radius 1 is 1.15 bits per heavy atom. The number of hydrogen-bond acceptors (Lipinski definition) is 6. The van der Waals surface area contributed by atoms with Gasteiger partial charge in [0.15, 0.2) is 5.11 Å². The molecule has 1 aliphatic rings. The molecule has 7 nitrogen and oxygen atoms in total. The second-order valence-corrected chi connectivity index (χ2v) is 8.96. The number of alkyl halides is 3. The van der Waals surface area contributed by atoms with Crippen LogP contribution in [0.5, 0.6) is 5.75 Å². The smallest absolute Gasteiger partial charge is 0.417 e. The quantitative estimate of drug-likeness (QED) is 0.594. The molecule has 2 aromatic carbocycles. The van der Waals surface area contributed by atoms with Gasteiger partial charge in [0.1, 0.15) is 23.5 Å². The maximum Gasteiger partial charge on any atom is 0.417 e. The Hall–Kier alpha value is -3.20. The number of anilines is 2. The van der Waals surface area contributed by atoms with Crippen LogP contribution in [0.3, 0.4) is 0 Å². The van der Waals surface area contributed by atoms with Gasteiger partial charge in [0.2, 0.25) is 0 Å². The van der Waals surface area contributed by atoms with Gasteiger partial charge in [-0.15, -0.1) is 0 Å². The van der Waals surface area contributed by atoms with Crippen LogP contribution in [0.25, 0.3) is 0 Å². The molecule has 2 N–H and O–H groups in total. The number of aliphatic hydroxyl groups is 2. The topological polar surface area (TPSA) is 97.0 Å². The van der Waals surface area contributed by atoms with Crippen LogP contribution in [0.1, 0.15) is 31.9 Å². The number of hydrogen-bond donors (Lipinski definition) is 2. The molecule has 1 unspecified atom stereocenters. The summed E-state index contributed by atoms with van der Waals surface area (Å²) in [5.74, 6) is -0.139. The molecule has 1 fully saturated rings. The first-order valence-electron chi connectivity index (χ1n) is 10.1. The van der Waals surface area contributed by atoms with Gasteiger partial charge >= 0.3 is 6.18 Å². The van der Waals surface area contributed by atoms with E-state index in [2.05, 4.69) is 0 Å². The fourth-order valence-corrected chi connectivity index (χ4v) is 3.96. The highest BCUT2D eigenvalue weighted by atomic mass is 32.1. The minimum absolute atomic E-state index is 0.0234. The predicted octanol–water partition coefficient (Wildman–Crippen LogP) is 3.62. The van der Waals surface area contributed by atoms with Gasteiger partial charge in [0, 0.05) is 5.69 Å². The monoisotopic (exact) mass is 493 g/mol. The minimum atomic E-state index is -4.78. The standard InChI is InChI=1S/C23H22F3N3O4S/c1-21(2)19(31)28(16-5-4-14(11-27)18(10-16)23(24,25)26)20(34)29(21)15-6-8-17(9-7-15)33-13-22(3,32)12-30/h4-10,30,32H,12-13H2,1-3H3. The van der Waals surface area contributed by atoms with Crippen molar-refractivity contribution in [2.45, 2.75) is 38.1 Å². The number of benzene rings is 2. The van der Waals surface area contributed by atoms with E-state index in [0.29, 0.717) is 11.4 Å². The lowest BCUT2D eigenvalue weighted by Gasteiger charge is -2.29. The summed E-state index contributed by atoms with van der Waals surface area (Å²) in [6, 6.07) is 10.9. The second kappa shape index (κ2) is 8.87. The molecule has 1 heterocycles. The van der Waals surface area contributed by atoms with Crippen molar-refractivity contribution in [2.75, 3.05) is 23.0 Å². The van der Waals surface area contributed by atoms with Gasteiger partial charge in [-0.2, -0.15) is 18.4 Å². The molecule has 0 radical (unpaired) electrons. The molecule has 2 aromatic rings. The number of amides is 1. The van der Waals surface area contributed by atoms with Crippen molar-refractivity contribution in [3.63, 3.8) is 0 Å². The molecule has 0 spiro atoms. The van der Waals surface area contributed by atoms with Crippen LogP contribution in [0.4, 0.5) is 24.5 Å². The first kappa shape index (κ1) is 25.4. The third-order valence-corrected chi connectivity index (χ3v) is 5.71. The Morgan fingerprint density at radius 2 is 1.74 bits per heavy atom. The molecule has 34 heavy (non-hydrogen) atoms. The summed E-state index contributed by atoms with van der Waals surface area (Å²) >= 11 is 5.49. The van der Waals surface area contributed by atoms with Gasteiger partial charge in [-0.1, -0.05) is 0 Å². The van der Waals surface area contributed by atoms with E-state index >= 15 is 0 Å². The summed E-state index contributed by atoms with van der Waals surface area (Å²) in [5, 5.41) is 28.0. The van der Waals surface area contributed by atoms with Gasteiger partial charge in [-0.05, 0) is 75.5 Å². The molecule has 1 atom stereocenters. The molecule has 1 saturated heterocycles. The van der Waals surface area contributed by atoms with Crippen LogP contribution in [0.15, 0.2) is 42.5 Å². The highest BCUT2D eigenvalue weighted by Crippen LogP contribution is 2.39. The van der Waals surface area contributed by atoms with Crippen LogP contribution in [-0.2, 0) is 11.0 Å². The highest BCUT2D eigenvalue weighted by molar-refractivity contribution is 7.81. The molecule has 0 aromatic heterocycles. The van der Waals surface area contributed by atoms with Gasteiger partial charge < -0.3 is 19.8 Å². The first-order valence-corrected chi connectivity index (χ1v) is 10.5. The number of nitrogens with zero attached hydrogens (tertiary/aromatic N) is 3. The van der Waals surface area contributed by atoms with Crippen LogP contribution in [0.2, 0.25) is 0 Å². The first-order chi connectivity index (χ1) is 15.7. The fourth-order valence-electron chi connectivity index (χ4n) is 3.44. The lowest BCUT2D eigenvalue weighted by Crippen LogP contribution is -2.44. The second-order valence-electron chi connectivity index (χ2n) is 8.59. The summed E-state index contributed by atoms with van der Waals surface area (Å²) in [7, 11) is 0. The number of carbonyl (C=O) groups excluding carboxylic acids is 1. The van der Waals surface area contributed by atoms with E-state index in [4.69, 9.17) is 27.3 Å². The Balaban J connectivity index is 1.94. The molecule has 0 saturated carbocycles. The van der Waals surface area contributed by atoms with E-state index in [-0.39, 0.29) is 17.4 Å². The summed E-state index contributed by atoms with van der Waals surface area (Å²) < 4.78 is 45.8. The van der Waals surface area contributed by atoms with E-state index in [1.165, 1.54) is 24.0 Å². The van der Waals surface area contributed by atoms with Gasteiger partial charge in [-0.3, -0.25) is 9.69 Å². The van der Waals surface area contributed by atoms with E-state index in [1.807, 2.05) is 0 Å². The van der Waals surface area contributed by atoms with Crippen molar-refractivity contribution >= 4 is 34.6 Å². The number of nitriles is 1. The van der Waals surface area contributed by atoms with Crippen molar-refractivity contribution in [1.29, 1.82) is 5.26 Å². The summed E-state index contributed by atoms with van der Waals surface area (Å²) in [6.45, 7) is 3.98. The van der Waals surface area contributed by atoms with E-state index in [1.54, 1.807) is 38.1 Å². The lowest BCUT2D eigenvalue weighted by atomic mass is 10.0. The number of ether oxygens (including phenoxy) is 1. The van der Waals surface area contributed by atoms with Crippen molar-refractivity contribution in [1.82, 2.24) is 0 Å². The van der Waals surface area contributed by atoms with E-state index in [0.717, 1.165) is 17.0 Å². The van der Waals surface area contributed by atoms with Crippen molar-refractivity contribution in [2.24, 2.45) is 0 Å². The Bertz CT molecular complexity index is 1160. The van der Waals surface area contributed by atoms with Crippen LogP contribution in [0, 0.1) is 11.3 Å². The average molecular weight is 494 g/mol. The van der Waals surface area contributed by atoms with Crippen LogP contribution in [-0.4, -0.2) is 45.6 Å². The van der Waals surface area contributed by atoms with Gasteiger partial charge in [0.25, 0.3) is 5.91 Å². The molecular weight excluding hydrogens is 471 g/mol. The third kappa shape index (κ3) is 4.70.